The van der Waals surface area contributed by atoms with Gasteiger partial charge in [0.15, 0.2) is 0 Å². The van der Waals surface area contributed by atoms with Gasteiger partial charge >= 0.3 is 0 Å². The maximum Gasteiger partial charge on any atom is 0.222 e. The van der Waals surface area contributed by atoms with Gasteiger partial charge in [-0.05, 0) is 50.8 Å². The molecule has 0 saturated heterocycles. The molecule has 0 atom stereocenters. The van der Waals surface area contributed by atoms with Gasteiger partial charge in [0.2, 0.25) is 5.91 Å². The standard InChI is InChI=1S/C18H30N2O/c1-7-18(2,3)20(6)16-13-11-15(12-14-16)9-8-10-17(21)19(4)5/h11-14H,7-10H2,1-6H3. The summed E-state index contributed by atoms with van der Waals surface area (Å²) >= 11 is 0. The van der Waals surface area contributed by atoms with Crippen LogP contribution in [0.2, 0.25) is 0 Å². The molecule has 0 heterocycles. The number of aryl methyl sites for hydroxylation is 1. The van der Waals surface area contributed by atoms with Crippen LogP contribution >= 0.6 is 0 Å². The van der Waals surface area contributed by atoms with Crippen LogP contribution in [-0.4, -0.2) is 37.5 Å². The summed E-state index contributed by atoms with van der Waals surface area (Å²) in [7, 11) is 5.76. The van der Waals surface area contributed by atoms with Crippen LogP contribution in [-0.2, 0) is 11.2 Å². The zero-order valence-corrected chi connectivity index (χ0v) is 14.4. The van der Waals surface area contributed by atoms with Crippen LogP contribution in [0, 0.1) is 0 Å². The molecule has 21 heavy (non-hydrogen) atoms. The summed E-state index contributed by atoms with van der Waals surface area (Å²) in [5.74, 6) is 0.205. The van der Waals surface area contributed by atoms with E-state index in [1.165, 1.54) is 11.3 Å². The zero-order chi connectivity index (χ0) is 16.0. The number of amides is 1. The van der Waals surface area contributed by atoms with Crippen LogP contribution in [0.5, 0.6) is 0 Å². The molecule has 0 N–H and O–H groups in total. The summed E-state index contributed by atoms with van der Waals surface area (Å²) in [6.07, 6.45) is 3.60. The van der Waals surface area contributed by atoms with Crippen LogP contribution in [0.1, 0.15) is 45.6 Å². The van der Waals surface area contributed by atoms with Crippen molar-refractivity contribution in [1.29, 1.82) is 0 Å². The number of rotatable bonds is 7. The molecular weight excluding hydrogens is 260 g/mol. The SMILES string of the molecule is CCC(C)(C)N(C)c1ccc(CCCC(=O)N(C)C)cc1. The Hall–Kier alpha value is -1.51. The summed E-state index contributed by atoms with van der Waals surface area (Å²) in [4.78, 5) is 15.5. The monoisotopic (exact) mass is 290 g/mol. The maximum absolute atomic E-state index is 11.5. The van der Waals surface area contributed by atoms with Crippen molar-refractivity contribution >= 4 is 11.6 Å². The topological polar surface area (TPSA) is 23.6 Å². The Morgan fingerprint density at radius 1 is 1.10 bits per heavy atom. The number of nitrogens with zero attached hydrogens (tertiary/aromatic N) is 2. The van der Waals surface area contributed by atoms with Crippen molar-refractivity contribution in [2.45, 2.75) is 52.0 Å². The van der Waals surface area contributed by atoms with E-state index in [9.17, 15) is 4.79 Å². The van der Waals surface area contributed by atoms with Crippen LogP contribution in [0.15, 0.2) is 24.3 Å². The molecular formula is C18H30N2O. The quantitative estimate of drug-likeness (QED) is 0.764. The van der Waals surface area contributed by atoms with Crippen molar-refractivity contribution in [3.8, 4) is 0 Å². The first kappa shape index (κ1) is 17.5. The van der Waals surface area contributed by atoms with E-state index in [1.54, 1.807) is 4.90 Å². The van der Waals surface area contributed by atoms with Gasteiger partial charge in [-0.1, -0.05) is 19.1 Å². The highest BCUT2D eigenvalue weighted by molar-refractivity contribution is 5.75. The second-order valence-electron chi connectivity index (χ2n) is 6.53. The molecule has 0 unspecified atom stereocenters. The van der Waals surface area contributed by atoms with Gasteiger partial charge in [-0.2, -0.15) is 0 Å². The van der Waals surface area contributed by atoms with Gasteiger partial charge in [0.1, 0.15) is 0 Å². The third-order valence-electron chi connectivity index (χ3n) is 4.45. The minimum Gasteiger partial charge on any atom is -0.369 e. The van der Waals surface area contributed by atoms with Gasteiger partial charge in [0.05, 0.1) is 0 Å². The Labute approximate surface area is 129 Å². The molecule has 0 bridgehead atoms. The fourth-order valence-corrected chi connectivity index (χ4v) is 2.14. The second-order valence-corrected chi connectivity index (χ2v) is 6.53. The van der Waals surface area contributed by atoms with E-state index >= 15 is 0 Å². The molecule has 1 rings (SSSR count). The molecule has 0 fully saturated rings. The Kier molecular flexibility index (Phi) is 6.25. The predicted octanol–water partition coefficient (Wildman–Crippen LogP) is 3.72. The molecule has 0 aliphatic rings. The molecule has 3 heteroatoms. The van der Waals surface area contributed by atoms with Crippen molar-refractivity contribution in [2.75, 3.05) is 26.0 Å². The van der Waals surface area contributed by atoms with Crippen molar-refractivity contribution in [3.05, 3.63) is 29.8 Å². The number of carbonyl (C=O) groups excluding carboxylic acids is 1. The highest BCUT2D eigenvalue weighted by Crippen LogP contribution is 2.25. The predicted molar refractivity (Wildman–Crippen MR) is 90.8 cm³/mol. The highest BCUT2D eigenvalue weighted by Gasteiger charge is 2.21. The van der Waals surface area contributed by atoms with E-state index in [4.69, 9.17) is 0 Å². The van der Waals surface area contributed by atoms with Crippen LogP contribution in [0.3, 0.4) is 0 Å². The van der Waals surface area contributed by atoms with Crippen molar-refractivity contribution in [1.82, 2.24) is 4.90 Å². The van der Waals surface area contributed by atoms with E-state index < -0.39 is 0 Å². The number of hydrogen-bond acceptors (Lipinski definition) is 2. The van der Waals surface area contributed by atoms with E-state index in [-0.39, 0.29) is 11.4 Å². The third-order valence-corrected chi connectivity index (χ3v) is 4.45. The van der Waals surface area contributed by atoms with Crippen LogP contribution in [0.25, 0.3) is 0 Å². The van der Waals surface area contributed by atoms with Gasteiger partial charge in [-0.3, -0.25) is 4.79 Å². The third kappa shape index (κ3) is 5.07. The van der Waals surface area contributed by atoms with Crippen molar-refractivity contribution < 1.29 is 4.79 Å². The first-order valence-electron chi connectivity index (χ1n) is 7.81. The molecule has 1 aromatic rings. The number of anilines is 1. The molecule has 0 saturated carbocycles. The minimum atomic E-state index is 0.166. The van der Waals surface area contributed by atoms with Gasteiger partial charge in [-0.25, -0.2) is 0 Å². The zero-order valence-electron chi connectivity index (χ0n) is 14.4. The largest absolute Gasteiger partial charge is 0.369 e. The van der Waals surface area contributed by atoms with Gasteiger partial charge in [-0.15, -0.1) is 0 Å². The summed E-state index contributed by atoms with van der Waals surface area (Å²) in [5, 5.41) is 0. The Morgan fingerprint density at radius 2 is 1.67 bits per heavy atom. The summed E-state index contributed by atoms with van der Waals surface area (Å²) < 4.78 is 0. The van der Waals surface area contributed by atoms with E-state index in [0.717, 1.165) is 19.3 Å². The number of hydrogen-bond donors (Lipinski definition) is 0. The normalized spacial score (nSPS) is 11.3. The second kappa shape index (κ2) is 7.48. The molecule has 3 nitrogen and oxygen atoms in total. The lowest BCUT2D eigenvalue weighted by Gasteiger charge is -2.36. The Bertz CT molecular complexity index is 449. The molecule has 0 aliphatic heterocycles. The molecule has 0 aliphatic carbocycles. The summed E-state index contributed by atoms with van der Waals surface area (Å²) in [5.41, 5.74) is 2.71. The fraction of sp³-hybridized carbons (Fsp3) is 0.611. The smallest absolute Gasteiger partial charge is 0.222 e. The maximum atomic E-state index is 11.5. The van der Waals surface area contributed by atoms with Gasteiger partial charge in [0.25, 0.3) is 0 Å². The van der Waals surface area contributed by atoms with Crippen molar-refractivity contribution in [3.63, 3.8) is 0 Å². The minimum absolute atomic E-state index is 0.166. The lowest BCUT2D eigenvalue weighted by Crippen LogP contribution is -2.40. The van der Waals surface area contributed by atoms with E-state index in [0.29, 0.717) is 6.42 Å². The molecule has 0 radical (unpaired) electrons. The highest BCUT2D eigenvalue weighted by atomic mass is 16.2. The average molecular weight is 290 g/mol. The van der Waals surface area contributed by atoms with Gasteiger partial charge < -0.3 is 9.80 Å². The first-order valence-corrected chi connectivity index (χ1v) is 7.81. The number of benzene rings is 1. The van der Waals surface area contributed by atoms with Crippen LogP contribution < -0.4 is 4.90 Å². The molecule has 118 valence electrons. The Morgan fingerprint density at radius 3 is 2.14 bits per heavy atom. The number of carbonyl (C=O) groups is 1. The summed E-state index contributed by atoms with van der Waals surface area (Å²) in [6, 6.07) is 8.72. The van der Waals surface area contributed by atoms with E-state index in [2.05, 4.69) is 57.0 Å². The molecule has 1 aromatic carbocycles. The average Bonchev–Trinajstić information content (AvgIpc) is 2.47. The fourth-order valence-electron chi connectivity index (χ4n) is 2.14. The summed E-state index contributed by atoms with van der Waals surface area (Å²) in [6.45, 7) is 6.73. The Balaban J connectivity index is 2.57. The molecule has 0 aromatic heterocycles. The molecule has 0 spiro atoms. The van der Waals surface area contributed by atoms with E-state index in [1.807, 2.05) is 14.1 Å². The lowest BCUT2D eigenvalue weighted by molar-refractivity contribution is -0.128. The first-order chi connectivity index (χ1) is 9.77. The lowest BCUT2D eigenvalue weighted by atomic mass is 9.98. The van der Waals surface area contributed by atoms with Crippen LogP contribution in [0.4, 0.5) is 5.69 Å². The van der Waals surface area contributed by atoms with Crippen molar-refractivity contribution in [2.24, 2.45) is 0 Å². The molecule has 1 amide bonds. The van der Waals surface area contributed by atoms with Gasteiger partial charge in [0, 0.05) is 38.8 Å².